The van der Waals surface area contributed by atoms with Gasteiger partial charge < -0.3 is 20.6 Å². The average Bonchev–Trinajstić information content (AvgIpc) is 3.00. The largest absolute Gasteiger partial charge is 0.481 e. The third kappa shape index (κ3) is 2.80. The van der Waals surface area contributed by atoms with E-state index in [9.17, 15) is 14.4 Å². The van der Waals surface area contributed by atoms with E-state index in [0.717, 1.165) is 5.56 Å². The smallest absolute Gasteiger partial charge is 0.307 e. The minimum absolute atomic E-state index is 0.00973. The number of rotatable bonds is 3. The summed E-state index contributed by atoms with van der Waals surface area (Å²) in [5, 5.41) is 14.7. The molecule has 3 N–H and O–H groups in total. The Kier molecular flexibility index (Phi) is 3.81. The summed E-state index contributed by atoms with van der Waals surface area (Å²) in [6, 6.07) is 7.34. The number of carbonyl (C=O) groups excluding carboxylic acids is 2. The fraction of sp³-hybridized carbons (Fsp3) is 0.400. The molecule has 22 heavy (non-hydrogen) atoms. The van der Waals surface area contributed by atoms with Crippen LogP contribution in [-0.2, 0) is 14.4 Å². The van der Waals surface area contributed by atoms with Gasteiger partial charge in [0.05, 0.1) is 12.5 Å². The van der Waals surface area contributed by atoms with E-state index in [-0.39, 0.29) is 36.9 Å². The number of nitrogens with one attached hydrogen (secondary N) is 2. The number of hydrogen-bond donors (Lipinski definition) is 3. The molecule has 2 amide bonds. The molecule has 0 aliphatic carbocycles. The molecule has 2 fully saturated rings. The Morgan fingerprint density at radius 1 is 1.23 bits per heavy atom. The summed E-state index contributed by atoms with van der Waals surface area (Å²) in [7, 11) is 0. The van der Waals surface area contributed by atoms with Gasteiger partial charge in [-0.3, -0.25) is 14.4 Å². The lowest BCUT2D eigenvalue weighted by Crippen LogP contribution is -2.51. The summed E-state index contributed by atoms with van der Waals surface area (Å²) >= 11 is 0. The van der Waals surface area contributed by atoms with E-state index >= 15 is 0 Å². The van der Waals surface area contributed by atoms with E-state index in [1.54, 1.807) is 12.1 Å². The first-order valence-electron chi connectivity index (χ1n) is 7.18. The van der Waals surface area contributed by atoms with Gasteiger partial charge in [-0.15, -0.1) is 0 Å². The molecule has 0 aromatic heterocycles. The molecule has 2 aliphatic rings. The van der Waals surface area contributed by atoms with Crippen LogP contribution >= 0.6 is 0 Å². The maximum atomic E-state index is 11.8. The number of hydrogen-bond acceptors (Lipinski definition) is 4. The van der Waals surface area contributed by atoms with Crippen molar-refractivity contribution in [3.05, 3.63) is 29.8 Å². The van der Waals surface area contributed by atoms with Crippen LogP contribution < -0.4 is 15.5 Å². The molecule has 0 bridgehead atoms. The Hall–Kier alpha value is -2.41. The highest BCUT2D eigenvalue weighted by Gasteiger charge is 2.30. The molecule has 1 aromatic carbocycles. The van der Waals surface area contributed by atoms with Crippen LogP contribution in [0.25, 0.3) is 0 Å². The van der Waals surface area contributed by atoms with Crippen molar-refractivity contribution in [2.45, 2.75) is 12.5 Å². The highest BCUT2D eigenvalue weighted by atomic mass is 16.4. The van der Waals surface area contributed by atoms with Crippen LogP contribution in [0.3, 0.4) is 0 Å². The van der Waals surface area contributed by atoms with E-state index in [1.807, 2.05) is 12.1 Å². The SMILES string of the molecule is O=C1CN(c2ccc(C3CC(C(=O)O)CN3)cc2)C(=O)CN1. The predicted molar refractivity (Wildman–Crippen MR) is 78.3 cm³/mol. The summed E-state index contributed by atoms with van der Waals surface area (Å²) in [5.41, 5.74) is 1.66. The Labute approximate surface area is 127 Å². The molecule has 7 heteroatoms. The lowest BCUT2D eigenvalue weighted by atomic mass is 10.00. The number of carboxylic acid groups (broad SMARTS) is 1. The first-order valence-corrected chi connectivity index (χ1v) is 7.18. The number of carboxylic acids is 1. The molecule has 1 aromatic rings. The number of anilines is 1. The van der Waals surface area contributed by atoms with Gasteiger partial charge in [0.25, 0.3) is 0 Å². The third-order valence-electron chi connectivity index (χ3n) is 4.13. The number of benzene rings is 1. The zero-order valence-electron chi connectivity index (χ0n) is 11.9. The normalized spacial score (nSPS) is 25.2. The van der Waals surface area contributed by atoms with Crippen LogP contribution in [-0.4, -0.2) is 42.5 Å². The minimum atomic E-state index is -0.781. The maximum absolute atomic E-state index is 11.8. The molecular formula is C15H17N3O4. The Morgan fingerprint density at radius 3 is 2.59 bits per heavy atom. The summed E-state index contributed by atoms with van der Waals surface area (Å²) in [6.45, 7) is 0.512. The second kappa shape index (κ2) is 5.76. The van der Waals surface area contributed by atoms with Crippen LogP contribution in [0, 0.1) is 5.92 Å². The molecule has 2 unspecified atom stereocenters. The van der Waals surface area contributed by atoms with E-state index in [0.29, 0.717) is 18.7 Å². The van der Waals surface area contributed by atoms with Gasteiger partial charge in [-0.1, -0.05) is 12.1 Å². The number of piperazine rings is 1. The van der Waals surface area contributed by atoms with Gasteiger partial charge in [-0.2, -0.15) is 0 Å². The summed E-state index contributed by atoms with van der Waals surface area (Å²) < 4.78 is 0. The fourth-order valence-electron chi connectivity index (χ4n) is 2.86. The van der Waals surface area contributed by atoms with Gasteiger partial charge >= 0.3 is 5.97 Å². The van der Waals surface area contributed by atoms with E-state index in [2.05, 4.69) is 10.6 Å². The number of aliphatic carboxylic acids is 1. The molecule has 3 rings (SSSR count). The molecule has 116 valence electrons. The summed E-state index contributed by atoms with van der Waals surface area (Å²) in [4.78, 5) is 35.7. The van der Waals surface area contributed by atoms with Gasteiger partial charge in [0.2, 0.25) is 11.8 Å². The van der Waals surface area contributed by atoms with E-state index in [4.69, 9.17) is 5.11 Å². The molecule has 7 nitrogen and oxygen atoms in total. The number of carbonyl (C=O) groups is 3. The first-order chi connectivity index (χ1) is 10.5. The second-order valence-electron chi connectivity index (χ2n) is 5.58. The van der Waals surface area contributed by atoms with Gasteiger partial charge in [0.15, 0.2) is 0 Å². The number of amides is 2. The van der Waals surface area contributed by atoms with Crippen LogP contribution in [0.5, 0.6) is 0 Å². The minimum Gasteiger partial charge on any atom is -0.481 e. The van der Waals surface area contributed by atoms with E-state index < -0.39 is 5.97 Å². The van der Waals surface area contributed by atoms with Crippen LogP contribution in [0.2, 0.25) is 0 Å². The summed E-state index contributed by atoms with van der Waals surface area (Å²) in [5.74, 6) is -1.46. The lowest BCUT2D eigenvalue weighted by molar-refractivity contribution is -0.141. The van der Waals surface area contributed by atoms with Crippen molar-refractivity contribution < 1.29 is 19.5 Å². The van der Waals surface area contributed by atoms with E-state index in [1.165, 1.54) is 4.90 Å². The van der Waals surface area contributed by atoms with Gasteiger partial charge in [-0.05, 0) is 24.1 Å². The zero-order chi connectivity index (χ0) is 15.7. The molecule has 0 spiro atoms. The molecule has 2 heterocycles. The zero-order valence-corrected chi connectivity index (χ0v) is 11.9. The van der Waals surface area contributed by atoms with Crippen molar-refractivity contribution in [3.63, 3.8) is 0 Å². The van der Waals surface area contributed by atoms with Crippen molar-refractivity contribution in [2.75, 3.05) is 24.5 Å². The van der Waals surface area contributed by atoms with Crippen LogP contribution in [0.15, 0.2) is 24.3 Å². The molecular weight excluding hydrogens is 286 g/mol. The monoisotopic (exact) mass is 303 g/mol. The molecule has 0 radical (unpaired) electrons. The Balaban J connectivity index is 1.72. The van der Waals surface area contributed by atoms with Crippen molar-refractivity contribution in [1.29, 1.82) is 0 Å². The first kappa shape index (κ1) is 14.5. The predicted octanol–water partition coefficient (Wildman–Crippen LogP) is -0.115. The van der Waals surface area contributed by atoms with Gasteiger partial charge in [0.1, 0.15) is 6.54 Å². The second-order valence-corrected chi connectivity index (χ2v) is 5.58. The summed E-state index contributed by atoms with van der Waals surface area (Å²) in [6.07, 6.45) is 0.555. The maximum Gasteiger partial charge on any atom is 0.307 e. The van der Waals surface area contributed by atoms with Gasteiger partial charge in [-0.25, -0.2) is 0 Å². The molecule has 2 aliphatic heterocycles. The van der Waals surface area contributed by atoms with Crippen LogP contribution in [0.1, 0.15) is 18.0 Å². The fourth-order valence-corrected chi connectivity index (χ4v) is 2.86. The van der Waals surface area contributed by atoms with Crippen LogP contribution in [0.4, 0.5) is 5.69 Å². The Bertz CT molecular complexity index is 614. The number of nitrogens with zero attached hydrogens (tertiary/aromatic N) is 1. The standard InChI is InChI=1S/C15H17N3O4/c19-13-8-18(14(20)7-17-13)11-3-1-9(2-4-11)12-5-10(6-16-12)15(21)22/h1-4,10,12,16H,5-8H2,(H,17,19)(H,21,22). The quantitative estimate of drug-likeness (QED) is 0.723. The lowest BCUT2D eigenvalue weighted by Gasteiger charge is -2.27. The third-order valence-corrected chi connectivity index (χ3v) is 4.13. The van der Waals surface area contributed by atoms with Crippen molar-refractivity contribution in [3.8, 4) is 0 Å². The molecule has 0 saturated carbocycles. The van der Waals surface area contributed by atoms with Crippen molar-refractivity contribution >= 4 is 23.5 Å². The van der Waals surface area contributed by atoms with Gasteiger partial charge in [0, 0.05) is 18.3 Å². The topological polar surface area (TPSA) is 98.7 Å². The van der Waals surface area contributed by atoms with Crippen molar-refractivity contribution in [2.24, 2.45) is 5.92 Å². The Morgan fingerprint density at radius 2 is 1.95 bits per heavy atom. The molecule has 2 saturated heterocycles. The van der Waals surface area contributed by atoms with Crippen molar-refractivity contribution in [1.82, 2.24) is 10.6 Å². The highest BCUT2D eigenvalue weighted by Crippen LogP contribution is 2.28. The highest BCUT2D eigenvalue weighted by molar-refractivity contribution is 6.04. The molecule has 2 atom stereocenters. The average molecular weight is 303 g/mol.